The lowest BCUT2D eigenvalue weighted by Crippen LogP contribution is -2.43. The van der Waals surface area contributed by atoms with Crippen molar-refractivity contribution in [3.63, 3.8) is 0 Å². The van der Waals surface area contributed by atoms with Crippen LogP contribution < -0.4 is 5.32 Å². The summed E-state index contributed by atoms with van der Waals surface area (Å²) in [5.74, 6) is -1.37. The van der Waals surface area contributed by atoms with Gasteiger partial charge in [-0.05, 0) is 30.5 Å². The van der Waals surface area contributed by atoms with E-state index in [0.29, 0.717) is 28.1 Å². The average Bonchev–Trinajstić information content (AvgIpc) is 3.03. The van der Waals surface area contributed by atoms with Gasteiger partial charge in [-0.1, -0.05) is 41.5 Å². The van der Waals surface area contributed by atoms with Gasteiger partial charge in [-0.3, -0.25) is 9.59 Å². The molecule has 1 aromatic carbocycles. The summed E-state index contributed by atoms with van der Waals surface area (Å²) in [4.78, 5) is 38.5. The maximum atomic E-state index is 12.9. The molecule has 0 aromatic heterocycles. The second kappa shape index (κ2) is 6.84. The van der Waals surface area contributed by atoms with E-state index in [0.717, 1.165) is 4.47 Å². The van der Waals surface area contributed by atoms with E-state index in [4.69, 9.17) is 0 Å². The van der Waals surface area contributed by atoms with Crippen molar-refractivity contribution in [2.45, 2.75) is 26.3 Å². The predicted octanol–water partition coefficient (Wildman–Crippen LogP) is 3.14. The van der Waals surface area contributed by atoms with Gasteiger partial charge in [0.25, 0.3) is 11.8 Å². The molecule has 8 heteroatoms. The van der Waals surface area contributed by atoms with E-state index in [1.807, 2.05) is 19.9 Å². The number of carboxylic acid groups (broad SMARTS) is 1. The van der Waals surface area contributed by atoms with Gasteiger partial charge < -0.3 is 15.3 Å². The number of halogens is 1. The van der Waals surface area contributed by atoms with Crippen LogP contribution in [0.3, 0.4) is 0 Å². The lowest BCUT2D eigenvalue weighted by atomic mass is 10.0. The smallest absolute Gasteiger partial charge is 0.326 e. The number of thioether (sulfide) groups is 1. The summed E-state index contributed by atoms with van der Waals surface area (Å²) in [6.45, 7) is 3.84. The second-order valence-electron chi connectivity index (χ2n) is 6.38. The third kappa shape index (κ3) is 3.32. The first kappa shape index (κ1) is 18.0. The van der Waals surface area contributed by atoms with Crippen molar-refractivity contribution < 1.29 is 19.5 Å². The number of carbonyl (C=O) groups is 3. The average molecular weight is 425 g/mol. The number of nitrogens with zero attached hydrogens (tertiary/aromatic N) is 1. The van der Waals surface area contributed by atoms with Crippen molar-refractivity contribution >= 4 is 56.7 Å². The minimum absolute atomic E-state index is 0.141. The monoisotopic (exact) mass is 424 g/mol. The van der Waals surface area contributed by atoms with Crippen molar-refractivity contribution in [1.82, 2.24) is 4.90 Å². The first-order valence-corrected chi connectivity index (χ1v) is 9.59. The summed E-state index contributed by atoms with van der Waals surface area (Å²) in [6, 6.07) is 4.48. The largest absolute Gasteiger partial charge is 0.480 e. The maximum Gasteiger partial charge on any atom is 0.326 e. The quantitative estimate of drug-likeness (QED) is 0.724. The molecular weight excluding hydrogens is 408 g/mol. The van der Waals surface area contributed by atoms with E-state index < -0.39 is 17.9 Å². The summed E-state index contributed by atoms with van der Waals surface area (Å²) in [7, 11) is 0. The Bertz CT molecular complexity index is 806. The van der Waals surface area contributed by atoms with Crippen LogP contribution in [0.1, 0.15) is 25.8 Å². The van der Waals surface area contributed by atoms with Gasteiger partial charge in [0, 0.05) is 15.7 Å². The van der Waals surface area contributed by atoms with Crippen LogP contribution in [0.5, 0.6) is 0 Å². The van der Waals surface area contributed by atoms with Crippen molar-refractivity contribution in [2.75, 3.05) is 11.2 Å². The molecule has 0 radical (unpaired) electrons. The van der Waals surface area contributed by atoms with E-state index in [9.17, 15) is 19.5 Å². The zero-order valence-corrected chi connectivity index (χ0v) is 16.1. The van der Waals surface area contributed by atoms with Gasteiger partial charge in [-0.15, -0.1) is 0 Å². The van der Waals surface area contributed by atoms with E-state index in [-0.39, 0.29) is 17.7 Å². The molecule has 2 aliphatic rings. The van der Waals surface area contributed by atoms with Gasteiger partial charge in [-0.25, -0.2) is 4.79 Å². The van der Waals surface area contributed by atoms with Crippen LogP contribution in [0, 0.1) is 5.92 Å². The topological polar surface area (TPSA) is 86.7 Å². The number of nitrogens with one attached hydrogen (secondary N) is 1. The molecule has 1 saturated heterocycles. The highest BCUT2D eigenvalue weighted by atomic mass is 79.9. The molecule has 132 valence electrons. The van der Waals surface area contributed by atoms with Gasteiger partial charge in [-0.2, -0.15) is 0 Å². The molecule has 1 atom stereocenters. The molecule has 2 N–H and O–H groups in total. The first-order valence-electron chi connectivity index (χ1n) is 7.81. The van der Waals surface area contributed by atoms with Crippen LogP contribution >= 0.6 is 27.7 Å². The lowest BCUT2D eigenvalue weighted by Gasteiger charge is -2.24. The molecule has 0 bridgehead atoms. The molecule has 25 heavy (non-hydrogen) atoms. The molecule has 3 rings (SSSR count). The van der Waals surface area contributed by atoms with Gasteiger partial charge in [0.2, 0.25) is 0 Å². The molecule has 0 saturated carbocycles. The number of carboxylic acids is 1. The number of carbonyl (C=O) groups excluding carboxylic acids is 2. The third-order valence-electron chi connectivity index (χ3n) is 4.11. The Morgan fingerprint density at radius 3 is 2.76 bits per heavy atom. The Hall–Kier alpha value is -1.80. The summed E-state index contributed by atoms with van der Waals surface area (Å²) < 4.78 is 0.802. The number of rotatable bonds is 4. The Balaban J connectivity index is 1.99. The highest BCUT2D eigenvalue weighted by Gasteiger charge is 2.41. The summed E-state index contributed by atoms with van der Waals surface area (Å²) in [5.41, 5.74) is 1.63. The number of hydrogen-bond donors (Lipinski definition) is 2. The van der Waals surface area contributed by atoms with Gasteiger partial charge in [0.05, 0.1) is 16.4 Å². The Morgan fingerprint density at radius 2 is 2.12 bits per heavy atom. The Kier molecular flexibility index (Phi) is 4.92. The highest BCUT2D eigenvalue weighted by molar-refractivity contribution is 9.10. The normalized spacial score (nSPS) is 20.9. The summed E-state index contributed by atoms with van der Waals surface area (Å²) in [6.07, 6.45) is 0.374. The van der Waals surface area contributed by atoms with E-state index >= 15 is 0 Å². The van der Waals surface area contributed by atoms with Crippen LogP contribution in [0.15, 0.2) is 27.6 Å². The fraction of sp³-hybridized carbons (Fsp3) is 0.353. The van der Waals surface area contributed by atoms with Gasteiger partial charge in [0.1, 0.15) is 6.04 Å². The standard InChI is InChI=1S/C17H17BrN2O4S/c1-8(2)5-12(17(23)24)20-7-25-14(16(20)22)13-10-6-9(18)3-4-11(10)19-15(13)21/h3-4,6,8,12H,5,7H2,1-2H3,(H,19,21)(H,23,24). The number of benzene rings is 1. The Morgan fingerprint density at radius 1 is 1.40 bits per heavy atom. The molecule has 1 unspecified atom stereocenters. The zero-order chi connectivity index (χ0) is 18.3. The van der Waals surface area contributed by atoms with Gasteiger partial charge in [0.15, 0.2) is 0 Å². The maximum absolute atomic E-state index is 12.9. The lowest BCUT2D eigenvalue weighted by molar-refractivity contribution is -0.148. The van der Waals surface area contributed by atoms with E-state index in [2.05, 4.69) is 21.2 Å². The fourth-order valence-corrected chi connectivity index (χ4v) is 4.48. The number of amides is 2. The summed E-state index contributed by atoms with van der Waals surface area (Å²) >= 11 is 4.59. The molecule has 0 spiro atoms. The van der Waals surface area contributed by atoms with Crippen molar-refractivity contribution in [3.05, 3.63) is 33.1 Å². The molecule has 0 aliphatic carbocycles. The molecule has 1 aromatic rings. The predicted molar refractivity (Wildman–Crippen MR) is 99.9 cm³/mol. The van der Waals surface area contributed by atoms with E-state index in [1.165, 1.54) is 16.7 Å². The van der Waals surface area contributed by atoms with Crippen LogP contribution in [-0.4, -0.2) is 39.7 Å². The molecule has 2 heterocycles. The molecule has 2 amide bonds. The van der Waals surface area contributed by atoms with Crippen molar-refractivity contribution in [2.24, 2.45) is 5.92 Å². The number of anilines is 1. The highest BCUT2D eigenvalue weighted by Crippen LogP contribution is 2.42. The number of hydrogen-bond acceptors (Lipinski definition) is 4. The summed E-state index contributed by atoms with van der Waals surface area (Å²) in [5, 5.41) is 12.2. The first-order chi connectivity index (χ1) is 11.8. The van der Waals surface area contributed by atoms with Crippen LogP contribution in [0.4, 0.5) is 5.69 Å². The molecule has 6 nitrogen and oxygen atoms in total. The molecule has 1 fully saturated rings. The zero-order valence-electron chi connectivity index (χ0n) is 13.7. The van der Waals surface area contributed by atoms with Crippen LogP contribution in [-0.2, 0) is 14.4 Å². The number of aliphatic carboxylic acids is 1. The minimum Gasteiger partial charge on any atom is -0.480 e. The second-order valence-corrected chi connectivity index (χ2v) is 8.25. The molecule has 2 aliphatic heterocycles. The van der Waals surface area contributed by atoms with Crippen molar-refractivity contribution in [3.8, 4) is 0 Å². The Labute approximate surface area is 157 Å². The van der Waals surface area contributed by atoms with E-state index in [1.54, 1.807) is 12.1 Å². The van der Waals surface area contributed by atoms with Crippen LogP contribution in [0.25, 0.3) is 5.57 Å². The van der Waals surface area contributed by atoms with Crippen LogP contribution in [0.2, 0.25) is 0 Å². The fourth-order valence-electron chi connectivity index (χ4n) is 2.97. The SMILES string of the molecule is CC(C)CC(C(=O)O)N1CSC(=C2C(=O)Nc3ccc(Br)cc32)C1=O. The van der Waals surface area contributed by atoms with Crippen molar-refractivity contribution in [1.29, 1.82) is 0 Å². The molecular formula is C17H17BrN2O4S. The number of fused-ring (bicyclic) bond motifs is 1. The van der Waals surface area contributed by atoms with Gasteiger partial charge >= 0.3 is 5.97 Å². The minimum atomic E-state index is -1.02. The third-order valence-corrected chi connectivity index (χ3v) is 5.68.